The first-order chi connectivity index (χ1) is 6.09. The molecule has 0 rings (SSSR count). The quantitative estimate of drug-likeness (QED) is 0.567. The Morgan fingerprint density at radius 2 is 1.50 bits per heavy atom. The van der Waals surface area contributed by atoms with E-state index in [1.54, 1.807) is 0 Å². The summed E-state index contributed by atoms with van der Waals surface area (Å²) in [6.45, 7) is 0. The van der Waals surface area contributed by atoms with Gasteiger partial charge in [0.1, 0.15) is 6.07 Å². The zero-order valence-corrected chi connectivity index (χ0v) is 6.23. The van der Waals surface area contributed by atoms with E-state index >= 15 is 0 Å². The molecule has 0 bridgehead atoms. The van der Waals surface area contributed by atoms with Gasteiger partial charge in [0.05, 0.1) is 0 Å². The Balaban J connectivity index is 4.45. The Hall–Kier alpha value is -1.01. The lowest BCUT2D eigenvalue weighted by molar-refractivity contribution is -0.329. The molecule has 0 aliphatic heterocycles. The van der Waals surface area contributed by atoms with Crippen LogP contribution in [0.3, 0.4) is 0 Å². The number of nitrogens with zero attached hydrogens (tertiary/aromatic N) is 1. The standard InChI is InChI=1S/C5H3F6NO2/c6-4(7,8)2(1-12)14-3(13)5(9,10)11/h2-3,13H. The SMILES string of the molecule is N#CC(OC(O)C(F)(F)F)C(F)(F)F. The molecule has 0 saturated heterocycles. The van der Waals surface area contributed by atoms with Gasteiger partial charge in [-0.3, -0.25) is 0 Å². The monoisotopic (exact) mass is 223 g/mol. The van der Waals surface area contributed by atoms with Crippen molar-refractivity contribution in [2.24, 2.45) is 0 Å². The first-order valence-corrected chi connectivity index (χ1v) is 2.95. The largest absolute Gasteiger partial charge is 0.439 e. The first-order valence-electron chi connectivity index (χ1n) is 2.95. The van der Waals surface area contributed by atoms with Crippen molar-refractivity contribution in [2.45, 2.75) is 24.7 Å². The van der Waals surface area contributed by atoms with Crippen molar-refractivity contribution in [1.29, 1.82) is 5.26 Å². The highest BCUT2D eigenvalue weighted by Crippen LogP contribution is 2.28. The molecule has 3 nitrogen and oxygen atoms in total. The van der Waals surface area contributed by atoms with Gasteiger partial charge in [0, 0.05) is 0 Å². The van der Waals surface area contributed by atoms with Crippen LogP contribution in [-0.2, 0) is 4.74 Å². The highest BCUT2D eigenvalue weighted by atomic mass is 19.4. The number of rotatable bonds is 2. The molecular weight excluding hydrogens is 220 g/mol. The van der Waals surface area contributed by atoms with E-state index in [9.17, 15) is 26.3 Å². The maximum atomic E-state index is 11.6. The van der Waals surface area contributed by atoms with Crippen LogP contribution in [0.1, 0.15) is 0 Å². The number of hydrogen-bond acceptors (Lipinski definition) is 3. The molecule has 0 aromatic heterocycles. The van der Waals surface area contributed by atoms with Gasteiger partial charge in [0.15, 0.2) is 0 Å². The maximum absolute atomic E-state index is 11.6. The maximum Gasteiger partial charge on any atom is 0.439 e. The van der Waals surface area contributed by atoms with E-state index in [4.69, 9.17) is 10.4 Å². The third kappa shape index (κ3) is 3.80. The van der Waals surface area contributed by atoms with E-state index in [0.717, 1.165) is 0 Å². The summed E-state index contributed by atoms with van der Waals surface area (Å²) in [5.74, 6) is 0. The summed E-state index contributed by atoms with van der Waals surface area (Å²) >= 11 is 0. The summed E-state index contributed by atoms with van der Waals surface area (Å²) in [4.78, 5) is 0. The molecule has 9 heteroatoms. The third-order valence-electron chi connectivity index (χ3n) is 0.960. The minimum absolute atomic E-state index is 0.438. The minimum atomic E-state index is -5.36. The molecule has 0 aliphatic carbocycles. The highest BCUT2D eigenvalue weighted by molar-refractivity contribution is 4.90. The Kier molecular flexibility index (Phi) is 3.73. The number of ether oxygens (including phenoxy) is 1. The fraction of sp³-hybridized carbons (Fsp3) is 0.800. The van der Waals surface area contributed by atoms with Crippen molar-refractivity contribution >= 4 is 0 Å². The van der Waals surface area contributed by atoms with E-state index in [2.05, 4.69) is 4.74 Å². The summed E-state index contributed by atoms with van der Waals surface area (Å²) in [7, 11) is 0. The van der Waals surface area contributed by atoms with Gasteiger partial charge in [-0.15, -0.1) is 0 Å². The van der Waals surface area contributed by atoms with Crippen molar-refractivity contribution in [3.63, 3.8) is 0 Å². The summed E-state index contributed by atoms with van der Waals surface area (Å²) in [5.41, 5.74) is 0. The lowest BCUT2D eigenvalue weighted by Gasteiger charge is -2.19. The van der Waals surface area contributed by atoms with Crippen LogP contribution < -0.4 is 0 Å². The van der Waals surface area contributed by atoms with Gasteiger partial charge in [-0.05, 0) is 0 Å². The second-order valence-corrected chi connectivity index (χ2v) is 2.08. The molecule has 0 spiro atoms. The predicted octanol–water partition coefficient (Wildman–Crippen LogP) is 1.34. The molecular formula is C5H3F6NO2. The van der Waals surface area contributed by atoms with Crippen LogP contribution in [0.15, 0.2) is 0 Å². The molecule has 1 N–H and O–H groups in total. The normalized spacial score (nSPS) is 17.3. The van der Waals surface area contributed by atoms with E-state index in [0.29, 0.717) is 6.07 Å². The zero-order chi connectivity index (χ0) is 11.6. The summed E-state index contributed by atoms with van der Waals surface area (Å²) in [5, 5.41) is 15.9. The molecule has 0 heterocycles. The van der Waals surface area contributed by atoms with E-state index in [1.165, 1.54) is 0 Å². The van der Waals surface area contributed by atoms with Gasteiger partial charge in [0.2, 0.25) is 6.10 Å². The molecule has 0 aromatic carbocycles. The molecule has 82 valence electrons. The Morgan fingerprint density at radius 1 is 1.07 bits per heavy atom. The van der Waals surface area contributed by atoms with Crippen molar-refractivity contribution in [1.82, 2.24) is 0 Å². The molecule has 2 unspecified atom stereocenters. The van der Waals surface area contributed by atoms with Gasteiger partial charge in [-0.2, -0.15) is 31.6 Å². The zero-order valence-electron chi connectivity index (χ0n) is 6.23. The van der Waals surface area contributed by atoms with Crippen molar-refractivity contribution in [2.75, 3.05) is 0 Å². The van der Waals surface area contributed by atoms with Crippen LogP contribution in [0.2, 0.25) is 0 Å². The third-order valence-corrected chi connectivity index (χ3v) is 0.960. The molecule has 0 aliphatic rings. The fourth-order valence-electron chi connectivity index (χ4n) is 0.387. The number of aliphatic hydroxyl groups is 1. The Bertz CT molecular complexity index is 228. The number of alkyl halides is 6. The van der Waals surface area contributed by atoms with Crippen LogP contribution in [-0.4, -0.2) is 29.9 Å². The average Bonchev–Trinajstić information content (AvgIpc) is 1.95. The predicted molar refractivity (Wildman–Crippen MR) is 28.6 cm³/mol. The smallest absolute Gasteiger partial charge is 0.361 e. The van der Waals surface area contributed by atoms with Gasteiger partial charge in [-0.25, -0.2) is 0 Å². The second-order valence-electron chi connectivity index (χ2n) is 2.08. The summed E-state index contributed by atoms with van der Waals surface area (Å²) in [6.07, 6.45) is -17.6. The van der Waals surface area contributed by atoms with Gasteiger partial charge in [0.25, 0.3) is 6.29 Å². The molecule has 0 amide bonds. The van der Waals surface area contributed by atoms with E-state index < -0.39 is 24.7 Å². The van der Waals surface area contributed by atoms with Crippen LogP contribution in [0.5, 0.6) is 0 Å². The number of nitriles is 1. The number of aliphatic hydroxyl groups excluding tert-OH is 1. The lowest BCUT2D eigenvalue weighted by Crippen LogP contribution is -2.40. The van der Waals surface area contributed by atoms with Crippen LogP contribution in [0, 0.1) is 11.3 Å². The molecule has 2 atom stereocenters. The van der Waals surface area contributed by atoms with Crippen LogP contribution in [0.25, 0.3) is 0 Å². The number of halogens is 6. The minimum Gasteiger partial charge on any atom is -0.361 e. The van der Waals surface area contributed by atoms with Crippen molar-refractivity contribution in [3.05, 3.63) is 0 Å². The van der Waals surface area contributed by atoms with Crippen LogP contribution in [0.4, 0.5) is 26.3 Å². The summed E-state index contributed by atoms with van der Waals surface area (Å²) < 4.78 is 72.4. The van der Waals surface area contributed by atoms with Gasteiger partial charge >= 0.3 is 12.4 Å². The van der Waals surface area contributed by atoms with E-state index in [1.807, 2.05) is 0 Å². The van der Waals surface area contributed by atoms with E-state index in [-0.39, 0.29) is 0 Å². The topological polar surface area (TPSA) is 53.2 Å². The Morgan fingerprint density at radius 3 is 1.71 bits per heavy atom. The molecule has 0 aromatic rings. The average molecular weight is 223 g/mol. The van der Waals surface area contributed by atoms with Crippen molar-refractivity contribution in [3.8, 4) is 6.07 Å². The van der Waals surface area contributed by atoms with Gasteiger partial charge in [-0.1, -0.05) is 0 Å². The lowest BCUT2D eigenvalue weighted by atomic mass is 10.4. The Labute approximate surface area is 73.5 Å². The molecule has 0 saturated carbocycles. The van der Waals surface area contributed by atoms with Crippen molar-refractivity contribution < 1.29 is 36.2 Å². The first kappa shape index (κ1) is 13.0. The molecule has 14 heavy (non-hydrogen) atoms. The van der Waals surface area contributed by atoms with Gasteiger partial charge < -0.3 is 9.84 Å². The number of hydrogen-bond donors (Lipinski definition) is 1. The molecule has 0 radical (unpaired) electrons. The van der Waals surface area contributed by atoms with Crippen LogP contribution >= 0.6 is 0 Å². The highest BCUT2D eigenvalue weighted by Gasteiger charge is 2.48. The summed E-state index contributed by atoms with van der Waals surface area (Å²) in [6, 6.07) is 0.438. The molecule has 0 fully saturated rings. The second kappa shape index (κ2) is 4.02. The fourth-order valence-corrected chi connectivity index (χ4v) is 0.387.